The SMILES string of the molecule is CC(C)N(CCNCCO[C@H]1O[C@@H]2O[C@@]3(C)CC[C@H]4[C@H](C)CC[C@@H]([C@H]1C)[C@@]24OO3)C(C)C.O=C(O)C(=O)O. The summed E-state index contributed by atoms with van der Waals surface area (Å²) in [6.07, 6.45) is 3.50. The van der Waals surface area contributed by atoms with Crippen molar-refractivity contribution in [3.63, 3.8) is 0 Å². The van der Waals surface area contributed by atoms with Gasteiger partial charge in [0.1, 0.15) is 0 Å². The molecule has 5 fully saturated rings. The molecular formula is C27H48N2O9. The summed E-state index contributed by atoms with van der Waals surface area (Å²) in [7, 11) is 0. The number of carbonyl (C=O) groups is 2. The van der Waals surface area contributed by atoms with E-state index in [1.807, 2.05) is 6.92 Å². The molecule has 38 heavy (non-hydrogen) atoms. The highest BCUT2D eigenvalue weighted by Gasteiger charge is 2.69. The van der Waals surface area contributed by atoms with Crippen LogP contribution in [0.1, 0.15) is 74.1 Å². The second-order valence-corrected chi connectivity index (χ2v) is 11.9. The summed E-state index contributed by atoms with van der Waals surface area (Å²) < 4.78 is 19.1. The quantitative estimate of drug-likeness (QED) is 0.224. The Morgan fingerprint density at radius 2 is 1.66 bits per heavy atom. The van der Waals surface area contributed by atoms with Crippen LogP contribution >= 0.6 is 0 Å². The minimum Gasteiger partial charge on any atom is -0.473 e. The number of aliphatic carboxylic acids is 2. The van der Waals surface area contributed by atoms with E-state index in [9.17, 15) is 0 Å². The Bertz CT molecular complexity index is 791. The zero-order valence-electron chi connectivity index (χ0n) is 24.0. The van der Waals surface area contributed by atoms with Crippen molar-refractivity contribution in [1.29, 1.82) is 0 Å². The van der Waals surface area contributed by atoms with E-state index in [2.05, 4.69) is 51.8 Å². The lowest BCUT2D eigenvalue weighted by atomic mass is 9.58. The molecule has 1 spiro atoms. The second-order valence-electron chi connectivity index (χ2n) is 11.9. The zero-order chi connectivity index (χ0) is 28.3. The molecule has 0 unspecified atom stereocenters. The minimum absolute atomic E-state index is 0.230. The van der Waals surface area contributed by atoms with Crippen molar-refractivity contribution in [1.82, 2.24) is 10.2 Å². The molecule has 0 aromatic carbocycles. The number of ether oxygens (including phenoxy) is 3. The number of hydrogen-bond donors (Lipinski definition) is 3. The van der Waals surface area contributed by atoms with Gasteiger partial charge < -0.3 is 29.7 Å². The highest BCUT2D eigenvalue weighted by Crippen LogP contribution is 2.60. The summed E-state index contributed by atoms with van der Waals surface area (Å²) in [5.41, 5.74) is -0.512. The van der Waals surface area contributed by atoms with Gasteiger partial charge in [0.2, 0.25) is 5.79 Å². The fourth-order valence-electron chi connectivity index (χ4n) is 6.76. The van der Waals surface area contributed by atoms with E-state index >= 15 is 0 Å². The Morgan fingerprint density at radius 3 is 2.26 bits per heavy atom. The predicted molar refractivity (Wildman–Crippen MR) is 138 cm³/mol. The fraction of sp³-hybridized carbons (Fsp3) is 0.926. The first-order chi connectivity index (χ1) is 17.8. The molecule has 5 aliphatic rings. The molecule has 220 valence electrons. The largest absolute Gasteiger partial charge is 0.473 e. The van der Waals surface area contributed by atoms with Gasteiger partial charge in [-0.3, -0.25) is 4.90 Å². The molecule has 1 saturated carbocycles. The third kappa shape index (κ3) is 6.68. The van der Waals surface area contributed by atoms with Gasteiger partial charge in [-0.2, -0.15) is 0 Å². The van der Waals surface area contributed by atoms with Crippen molar-refractivity contribution in [2.45, 2.75) is 110 Å². The van der Waals surface area contributed by atoms with Crippen LogP contribution in [0.25, 0.3) is 0 Å². The smallest absolute Gasteiger partial charge is 0.414 e. The van der Waals surface area contributed by atoms with E-state index in [0.29, 0.717) is 36.4 Å². The van der Waals surface area contributed by atoms with Crippen LogP contribution in [-0.2, 0) is 33.6 Å². The Hall–Kier alpha value is -1.34. The minimum atomic E-state index is -1.82. The summed E-state index contributed by atoms with van der Waals surface area (Å²) in [6.45, 7) is 19.0. The third-order valence-corrected chi connectivity index (χ3v) is 8.71. The maximum atomic E-state index is 9.10. The van der Waals surface area contributed by atoms with Gasteiger partial charge in [-0.1, -0.05) is 13.8 Å². The van der Waals surface area contributed by atoms with E-state index < -0.39 is 29.6 Å². The average molecular weight is 545 g/mol. The van der Waals surface area contributed by atoms with Crippen molar-refractivity contribution >= 4 is 11.9 Å². The van der Waals surface area contributed by atoms with Gasteiger partial charge >= 0.3 is 11.9 Å². The van der Waals surface area contributed by atoms with Gasteiger partial charge in [0.05, 0.1) is 6.61 Å². The molecule has 4 saturated heterocycles. The number of hydrogen-bond acceptors (Lipinski definition) is 9. The van der Waals surface area contributed by atoms with Gasteiger partial charge in [0.25, 0.3) is 0 Å². The fourth-order valence-corrected chi connectivity index (χ4v) is 6.76. The first-order valence-corrected chi connectivity index (χ1v) is 14.1. The van der Waals surface area contributed by atoms with E-state index in [1.165, 1.54) is 6.42 Å². The molecule has 0 aromatic heterocycles. The zero-order valence-corrected chi connectivity index (χ0v) is 24.0. The Kier molecular flexibility index (Phi) is 10.6. The Balaban J connectivity index is 0.000000599. The Labute approximate surface area is 226 Å². The van der Waals surface area contributed by atoms with Crippen molar-refractivity contribution < 1.29 is 43.8 Å². The van der Waals surface area contributed by atoms with Gasteiger partial charge in [-0.25, -0.2) is 19.4 Å². The number of carboxylic acids is 2. The monoisotopic (exact) mass is 544 g/mol. The Morgan fingerprint density at radius 1 is 1.00 bits per heavy atom. The molecule has 4 heterocycles. The summed E-state index contributed by atoms with van der Waals surface area (Å²) in [5, 5.41) is 18.3. The number of fused-ring (bicyclic) bond motifs is 2. The molecular weight excluding hydrogens is 496 g/mol. The number of rotatable bonds is 9. The van der Waals surface area contributed by atoms with E-state index in [0.717, 1.165) is 38.9 Å². The van der Waals surface area contributed by atoms with E-state index in [-0.39, 0.29) is 12.2 Å². The maximum absolute atomic E-state index is 9.10. The summed E-state index contributed by atoms with van der Waals surface area (Å²) in [4.78, 5) is 32.8. The average Bonchev–Trinajstić information content (AvgIpc) is 3.07. The van der Waals surface area contributed by atoms with Crippen molar-refractivity contribution in [2.24, 2.45) is 23.7 Å². The van der Waals surface area contributed by atoms with Crippen molar-refractivity contribution in [3.05, 3.63) is 0 Å². The number of carboxylic acid groups (broad SMARTS) is 2. The van der Waals surface area contributed by atoms with Crippen LogP contribution in [0.5, 0.6) is 0 Å². The molecule has 0 amide bonds. The van der Waals surface area contributed by atoms with Crippen LogP contribution < -0.4 is 5.32 Å². The maximum Gasteiger partial charge on any atom is 0.414 e. The predicted octanol–water partition coefficient (Wildman–Crippen LogP) is 3.08. The summed E-state index contributed by atoms with van der Waals surface area (Å²) in [6, 6.07) is 1.11. The van der Waals surface area contributed by atoms with E-state index in [1.54, 1.807) is 0 Å². The first-order valence-electron chi connectivity index (χ1n) is 14.1. The molecule has 1 aliphatic carbocycles. The molecule has 4 aliphatic heterocycles. The summed E-state index contributed by atoms with van der Waals surface area (Å²) >= 11 is 0. The second kappa shape index (κ2) is 12.9. The third-order valence-electron chi connectivity index (χ3n) is 8.71. The lowest BCUT2D eigenvalue weighted by Gasteiger charge is -2.60. The van der Waals surface area contributed by atoms with Crippen LogP contribution in [-0.4, -0.2) is 89.3 Å². The van der Waals surface area contributed by atoms with Gasteiger partial charge in [-0.15, -0.1) is 0 Å². The topological polar surface area (TPSA) is 136 Å². The lowest BCUT2D eigenvalue weighted by molar-refractivity contribution is -0.577. The molecule has 2 bridgehead atoms. The van der Waals surface area contributed by atoms with Crippen LogP contribution in [0.2, 0.25) is 0 Å². The molecule has 3 N–H and O–H groups in total. The van der Waals surface area contributed by atoms with Gasteiger partial charge in [0, 0.05) is 50.0 Å². The molecule has 8 atom stereocenters. The summed E-state index contributed by atoms with van der Waals surface area (Å²) in [5.74, 6) is -2.87. The van der Waals surface area contributed by atoms with Crippen LogP contribution in [0, 0.1) is 23.7 Å². The first kappa shape index (κ1) is 31.2. The van der Waals surface area contributed by atoms with Crippen molar-refractivity contribution in [3.8, 4) is 0 Å². The highest BCUT2D eigenvalue weighted by molar-refractivity contribution is 6.27. The molecule has 0 aromatic rings. The van der Waals surface area contributed by atoms with Crippen LogP contribution in [0.3, 0.4) is 0 Å². The standard InChI is InChI=1S/C25H46N2O5.C2H2O4/c1-16(2)27(17(3)4)14-12-26-13-15-28-22-19(6)21-9-8-18(5)20-10-11-24(7)30-23(29-22)25(20,21)32-31-24;3-1(4)2(5)6/h16-23,26H,8-15H2,1-7H3;(H,3,4)(H,5,6)/t18-,19-,20+,21+,22+,23-,24-,25-;/m1./s1. The lowest BCUT2D eigenvalue weighted by Crippen LogP contribution is -2.70. The highest BCUT2D eigenvalue weighted by atomic mass is 17.3. The molecule has 11 nitrogen and oxygen atoms in total. The van der Waals surface area contributed by atoms with Gasteiger partial charge in [-0.05, 0) is 65.7 Å². The number of nitrogens with zero attached hydrogens (tertiary/aromatic N) is 1. The van der Waals surface area contributed by atoms with Crippen LogP contribution in [0.15, 0.2) is 0 Å². The van der Waals surface area contributed by atoms with Crippen LogP contribution in [0.4, 0.5) is 0 Å². The molecule has 11 heteroatoms. The van der Waals surface area contributed by atoms with E-state index in [4.69, 9.17) is 43.8 Å². The molecule has 0 radical (unpaired) electrons. The van der Waals surface area contributed by atoms with Crippen molar-refractivity contribution in [2.75, 3.05) is 26.2 Å². The normalized spacial score (nSPS) is 37.9. The van der Waals surface area contributed by atoms with Gasteiger partial charge in [0.15, 0.2) is 18.2 Å². The molecule has 5 rings (SSSR count). The number of nitrogens with one attached hydrogen (secondary N) is 1.